The van der Waals surface area contributed by atoms with Gasteiger partial charge in [0, 0.05) is 24.2 Å². The number of hydrogen-bond donors (Lipinski definition) is 1. The zero-order valence-electron chi connectivity index (χ0n) is 10.6. The minimum atomic E-state index is 0.305. The molecular formula is C14H18ClN3. The molecule has 18 heavy (non-hydrogen) atoms. The molecule has 3 nitrogen and oxygen atoms in total. The number of rotatable bonds is 2. The smallest absolute Gasteiger partial charge is 0.101 e. The van der Waals surface area contributed by atoms with Crippen molar-refractivity contribution >= 4 is 17.3 Å². The summed E-state index contributed by atoms with van der Waals surface area (Å²) >= 11 is 6.05. The Balaban J connectivity index is 2.35. The summed E-state index contributed by atoms with van der Waals surface area (Å²) in [5.41, 5.74) is 7.46. The monoisotopic (exact) mass is 263 g/mol. The lowest BCUT2D eigenvalue weighted by Crippen LogP contribution is -2.46. The molecule has 96 valence electrons. The predicted molar refractivity (Wildman–Crippen MR) is 74.8 cm³/mol. The van der Waals surface area contributed by atoms with Crippen LogP contribution in [0.25, 0.3) is 0 Å². The van der Waals surface area contributed by atoms with Crippen molar-refractivity contribution in [2.75, 3.05) is 18.0 Å². The summed E-state index contributed by atoms with van der Waals surface area (Å²) in [5, 5.41) is 9.87. The first-order valence-corrected chi connectivity index (χ1v) is 6.70. The van der Waals surface area contributed by atoms with E-state index in [0.717, 1.165) is 25.1 Å². The van der Waals surface area contributed by atoms with Crippen molar-refractivity contribution in [3.05, 3.63) is 28.8 Å². The van der Waals surface area contributed by atoms with Gasteiger partial charge in [0.1, 0.15) is 6.07 Å². The maximum absolute atomic E-state index is 9.20. The summed E-state index contributed by atoms with van der Waals surface area (Å²) in [6, 6.07) is 7.95. The lowest BCUT2D eigenvalue weighted by atomic mass is 9.91. The maximum atomic E-state index is 9.20. The zero-order chi connectivity index (χ0) is 13.1. The van der Waals surface area contributed by atoms with Crippen LogP contribution in [0.3, 0.4) is 0 Å². The second kappa shape index (κ2) is 5.60. The highest BCUT2D eigenvalue weighted by Crippen LogP contribution is 2.31. The fourth-order valence-electron chi connectivity index (χ4n) is 2.63. The molecule has 2 rings (SSSR count). The average Bonchev–Trinajstić information content (AvgIpc) is 2.38. The van der Waals surface area contributed by atoms with Crippen LogP contribution < -0.4 is 10.6 Å². The number of nitrogens with zero attached hydrogens (tertiary/aromatic N) is 2. The van der Waals surface area contributed by atoms with Crippen molar-refractivity contribution < 1.29 is 0 Å². The molecule has 0 saturated carbocycles. The fourth-order valence-corrected chi connectivity index (χ4v) is 2.80. The molecule has 1 aromatic rings. The van der Waals surface area contributed by atoms with Gasteiger partial charge in [-0.25, -0.2) is 0 Å². The molecule has 1 heterocycles. The van der Waals surface area contributed by atoms with Gasteiger partial charge in [-0.1, -0.05) is 18.5 Å². The predicted octanol–water partition coefficient (Wildman–Crippen LogP) is 2.78. The van der Waals surface area contributed by atoms with E-state index in [0.29, 0.717) is 29.1 Å². The minimum absolute atomic E-state index is 0.305. The summed E-state index contributed by atoms with van der Waals surface area (Å²) in [4.78, 5) is 2.24. The minimum Gasteiger partial charge on any atom is -0.366 e. The molecule has 2 atom stereocenters. The van der Waals surface area contributed by atoms with E-state index in [1.54, 1.807) is 12.1 Å². The van der Waals surface area contributed by atoms with E-state index in [2.05, 4.69) is 17.9 Å². The Labute approximate surface area is 113 Å². The normalized spacial score (nSPS) is 23.8. The number of nitrogens with two attached hydrogens (primary N) is 1. The molecule has 1 aromatic carbocycles. The molecule has 1 fully saturated rings. The lowest BCUT2D eigenvalue weighted by molar-refractivity contribution is 0.366. The second-order valence-corrected chi connectivity index (χ2v) is 5.42. The molecule has 0 aromatic heterocycles. The summed E-state index contributed by atoms with van der Waals surface area (Å²) in [6.45, 7) is 3.81. The average molecular weight is 264 g/mol. The third kappa shape index (κ3) is 2.60. The van der Waals surface area contributed by atoms with E-state index < -0.39 is 0 Å². The molecule has 0 bridgehead atoms. The van der Waals surface area contributed by atoms with Crippen molar-refractivity contribution in [1.29, 1.82) is 5.26 Å². The summed E-state index contributed by atoms with van der Waals surface area (Å²) in [6.07, 6.45) is 2.21. The van der Waals surface area contributed by atoms with Crippen LogP contribution in [0.4, 0.5) is 5.69 Å². The largest absolute Gasteiger partial charge is 0.366 e. The van der Waals surface area contributed by atoms with Crippen LogP contribution in [-0.2, 0) is 0 Å². The summed E-state index contributed by atoms with van der Waals surface area (Å²) in [5.74, 6) is 0.694. The molecule has 1 aliphatic rings. The Morgan fingerprint density at radius 3 is 3.00 bits per heavy atom. The molecule has 0 aliphatic carbocycles. The number of halogens is 1. The highest BCUT2D eigenvalue weighted by molar-refractivity contribution is 6.30. The second-order valence-electron chi connectivity index (χ2n) is 4.99. The zero-order valence-corrected chi connectivity index (χ0v) is 11.3. The number of hydrogen-bond acceptors (Lipinski definition) is 3. The molecule has 1 aliphatic heterocycles. The van der Waals surface area contributed by atoms with Gasteiger partial charge in [-0.15, -0.1) is 0 Å². The molecule has 4 heteroatoms. The van der Waals surface area contributed by atoms with E-state index in [-0.39, 0.29) is 0 Å². The molecular weight excluding hydrogens is 246 g/mol. The van der Waals surface area contributed by atoms with Gasteiger partial charge >= 0.3 is 0 Å². The van der Waals surface area contributed by atoms with Crippen LogP contribution in [0.2, 0.25) is 5.02 Å². The molecule has 2 unspecified atom stereocenters. The van der Waals surface area contributed by atoms with Gasteiger partial charge in [0.15, 0.2) is 0 Å². The van der Waals surface area contributed by atoms with Crippen LogP contribution in [0, 0.1) is 17.2 Å². The van der Waals surface area contributed by atoms with Crippen LogP contribution in [0.5, 0.6) is 0 Å². The highest BCUT2D eigenvalue weighted by atomic mass is 35.5. The third-order valence-corrected chi connectivity index (χ3v) is 3.87. The van der Waals surface area contributed by atoms with Crippen molar-refractivity contribution in [2.45, 2.75) is 25.8 Å². The van der Waals surface area contributed by atoms with E-state index in [9.17, 15) is 5.26 Å². The summed E-state index contributed by atoms with van der Waals surface area (Å²) < 4.78 is 0. The quantitative estimate of drug-likeness (QED) is 0.893. The Bertz CT molecular complexity index is 467. The molecule has 0 radical (unpaired) electrons. The van der Waals surface area contributed by atoms with Crippen LogP contribution in [0.1, 0.15) is 25.3 Å². The van der Waals surface area contributed by atoms with E-state index in [1.165, 1.54) is 0 Å². The number of nitriles is 1. The molecule has 0 spiro atoms. The maximum Gasteiger partial charge on any atom is 0.101 e. The Hall–Kier alpha value is -1.24. The lowest BCUT2D eigenvalue weighted by Gasteiger charge is -2.40. The highest BCUT2D eigenvalue weighted by Gasteiger charge is 2.27. The third-order valence-electron chi connectivity index (χ3n) is 3.64. The van der Waals surface area contributed by atoms with Gasteiger partial charge < -0.3 is 10.6 Å². The van der Waals surface area contributed by atoms with Gasteiger partial charge in [0.25, 0.3) is 0 Å². The van der Waals surface area contributed by atoms with Gasteiger partial charge in [0.05, 0.1) is 11.3 Å². The van der Waals surface area contributed by atoms with Crippen LogP contribution >= 0.6 is 11.6 Å². The summed E-state index contributed by atoms with van der Waals surface area (Å²) in [7, 11) is 0. The Morgan fingerprint density at radius 2 is 2.33 bits per heavy atom. The standard InChI is InChI=1S/C14H18ClN3/c1-10-4-5-18(13(6-10)9-17)14-7-12(15)3-2-11(14)8-16/h2-3,7,10,13H,4-6,9,17H2,1H3. The van der Waals surface area contributed by atoms with Crippen molar-refractivity contribution in [3.8, 4) is 6.07 Å². The van der Waals surface area contributed by atoms with Gasteiger partial charge in [-0.2, -0.15) is 5.26 Å². The van der Waals surface area contributed by atoms with Crippen LogP contribution in [0.15, 0.2) is 18.2 Å². The number of piperidine rings is 1. The van der Waals surface area contributed by atoms with Gasteiger partial charge in [-0.05, 0) is 37.0 Å². The molecule has 2 N–H and O–H groups in total. The van der Waals surface area contributed by atoms with Crippen LogP contribution in [-0.4, -0.2) is 19.1 Å². The van der Waals surface area contributed by atoms with E-state index in [1.807, 2.05) is 6.07 Å². The topological polar surface area (TPSA) is 53.0 Å². The van der Waals surface area contributed by atoms with Crippen molar-refractivity contribution in [3.63, 3.8) is 0 Å². The van der Waals surface area contributed by atoms with Crippen molar-refractivity contribution in [2.24, 2.45) is 11.7 Å². The first-order valence-electron chi connectivity index (χ1n) is 6.32. The molecule has 0 amide bonds. The Morgan fingerprint density at radius 1 is 1.56 bits per heavy atom. The van der Waals surface area contributed by atoms with E-state index >= 15 is 0 Å². The number of anilines is 1. The van der Waals surface area contributed by atoms with E-state index in [4.69, 9.17) is 17.3 Å². The van der Waals surface area contributed by atoms with Gasteiger partial charge in [0.2, 0.25) is 0 Å². The number of benzene rings is 1. The Kier molecular flexibility index (Phi) is 4.11. The first-order chi connectivity index (χ1) is 8.65. The fraction of sp³-hybridized carbons (Fsp3) is 0.500. The first kappa shape index (κ1) is 13.2. The van der Waals surface area contributed by atoms with Gasteiger partial charge in [-0.3, -0.25) is 0 Å². The van der Waals surface area contributed by atoms with Crippen molar-refractivity contribution in [1.82, 2.24) is 0 Å². The molecule has 1 saturated heterocycles. The SMILES string of the molecule is CC1CCN(c2cc(Cl)ccc2C#N)C(CN)C1.